The van der Waals surface area contributed by atoms with Gasteiger partial charge >= 0.3 is 0 Å². The van der Waals surface area contributed by atoms with Crippen LogP contribution < -0.4 is 11.1 Å². The van der Waals surface area contributed by atoms with E-state index in [0.717, 1.165) is 31.6 Å². The normalized spacial score (nSPS) is 20.0. The first-order valence-electron chi connectivity index (χ1n) is 9.60. The van der Waals surface area contributed by atoms with Gasteiger partial charge in [0.2, 0.25) is 5.91 Å². The van der Waals surface area contributed by atoms with Gasteiger partial charge in [-0.2, -0.15) is 11.8 Å². The number of nitrogens with two attached hydrogens (primary N) is 1. The molecule has 0 aliphatic heterocycles. The van der Waals surface area contributed by atoms with Gasteiger partial charge in [-0.05, 0) is 49.8 Å². The number of hydrogen-bond acceptors (Lipinski definition) is 3. The summed E-state index contributed by atoms with van der Waals surface area (Å²) in [6, 6.07) is 0. The Balaban J connectivity index is 2.21. The quantitative estimate of drug-likeness (QED) is 0.544. The van der Waals surface area contributed by atoms with Gasteiger partial charge < -0.3 is 11.1 Å². The molecule has 0 heterocycles. The third-order valence-corrected chi connectivity index (χ3v) is 7.19. The van der Waals surface area contributed by atoms with E-state index in [0.29, 0.717) is 17.7 Å². The summed E-state index contributed by atoms with van der Waals surface area (Å²) in [5.41, 5.74) is 6.05. The van der Waals surface area contributed by atoms with E-state index in [2.05, 4.69) is 37.8 Å². The molecule has 0 saturated heterocycles. The van der Waals surface area contributed by atoms with Crippen molar-refractivity contribution in [1.29, 1.82) is 0 Å². The van der Waals surface area contributed by atoms with Crippen molar-refractivity contribution in [1.82, 2.24) is 5.32 Å². The molecule has 0 aromatic rings. The molecule has 1 atom stereocenters. The number of carbonyl (C=O) groups is 1. The van der Waals surface area contributed by atoms with Crippen LogP contribution >= 0.6 is 11.8 Å². The molecule has 1 saturated carbocycles. The molecule has 1 unspecified atom stereocenters. The van der Waals surface area contributed by atoms with Crippen LogP contribution in [0, 0.1) is 5.41 Å². The van der Waals surface area contributed by atoms with Crippen LogP contribution in [0.25, 0.3) is 0 Å². The van der Waals surface area contributed by atoms with E-state index in [1.54, 1.807) is 0 Å². The van der Waals surface area contributed by atoms with Gasteiger partial charge in [-0.1, -0.05) is 46.5 Å². The van der Waals surface area contributed by atoms with Crippen molar-refractivity contribution in [2.24, 2.45) is 11.1 Å². The number of nitrogens with one attached hydrogen (secondary N) is 1. The van der Waals surface area contributed by atoms with E-state index < -0.39 is 0 Å². The Morgan fingerprint density at radius 2 is 1.96 bits per heavy atom. The molecular weight excluding hydrogens is 304 g/mol. The highest BCUT2D eigenvalue weighted by molar-refractivity contribution is 8.00. The van der Waals surface area contributed by atoms with Gasteiger partial charge in [-0.15, -0.1) is 0 Å². The third kappa shape index (κ3) is 7.47. The number of thioether (sulfide) groups is 1. The molecule has 0 bridgehead atoms. The zero-order chi connectivity index (χ0) is 17.2. The molecule has 0 spiro atoms. The second-order valence-corrected chi connectivity index (χ2v) is 9.23. The molecule has 0 aromatic carbocycles. The molecule has 0 aromatic heterocycles. The van der Waals surface area contributed by atoms with E-state index in [1.165, 1.54) is 38.5 Å². The lowest BCUT2D eigenvalue weighted by molar-refractivity contribution is -0.123. The minimum Gasteiger partial charge on any atom is -0.356 e. The van der Waals surface area contributed by atoms with Gasteiger partial charge in [-0.25, -0.2) is 0 Å². The van der Waals surface area contributed by atoms with Crippen molar-refractivity contribution >= 4 is 17.7 Å². The average Bonchev–Trinajstić information content (AvgIpc) is 2.55. The minimum atomic E-state index is 0.0823. The standard InChI is InChI=1S/C19H38N2OS/c1-4-10-18(3,5-2)23-14-9-13-21-17(22)15-19(16-20)11-7-6-8-12-19/h4-16,20H2,1-3H3,(H,21,22). The van der Waals surface area contributed by atoms with Crippen molar-refractivity contribution in [2.75, 3.05) is 18.8 Å². The highest BCUT2D eigenvalue weighted by atomic mass is 32.2. The van der Waals surface area contributed by atoms with Crippen molar-refractivity contribution in [3.8, 4) is 0 Å². The zero-order valence-electron chi connectivity index (χ0n) is 15.6. The molecule has 3 nitrogen and oxygen atoms in total. The SMILES string of the molecule is CCCC(C)(CC)SCCCNC(=O)CC1(CN)CCCCC1. The predicted molar refractivity (Wildman–Crippen MR) is 103 cm³/mol. The van der Waals surface area contributed by atoms with E-state index in [9.17, 15) is 4.79 Å². The van der Waals surface area contributed by atoms with Crippen molar-refractivity contribution in [3.63, 3.8) is 0 Å². The molecule has 1 rings (SSSR count). The summed E-state index contributed by atoms with van der Waals surface area (Å²) < 4.78 is 0.407. The Morgan fingerprint density at radius 3 is 2.52 bits per heavy atom. The van der Waals surface area contributed by atoms with Gasteiger partial charge in [0.25, 0.3) is 0 Å². The number of rotatable bonds is 11. The molecule has 3 N–H and O–H groups in total. The summed E-state index contributed by atoms with van der Waals surface area (Å²) in [5, 5.41) is 3.12. The van der Waals surface area contributed by atoms with Gasteiger partial charge in [-0.3, -0.25) is 4.79 Å². The van der Waals surface area contributed by atoms with Crippen molar-refractivity contribution in [3.05, 3.63) is 0 Å². The summed E-state index contributed by atoms with van der Waals surface area (Å²) in [7, 11) is 0. The van der Waals surface area contributed by atoms with Gasteiger partial charge in [0.15, 0.2) is 0 Å². The summed E-state index contributed by atoms with van der Waals surface area (Å²) in [4.78, 5) is 12.2. The lowest BCUT2D eigenvalue weighted by atomic mass is 9.71. The number of carbonyl (C=O) groups excluding carboxylic acids is 1. The molecule has 23 heavy (non-hydrogen) atoms. The average molecular weight is 343 g/mol. The Labute approximate surface area is 147 Å². The molecule has 1 fully saturated rings. The number of amides is 1. The molecule has 0 radical (unpaired) electrons. The first-order valence-corrected chi connectivity index (χ1v) is 10.6. The molecular formula is C19H38N2OS. The molecule has 136 valence electrons. The maximum atomic E-state index is 12.2. The molecule has 1 aliphatic carbocycles. The largest absolute Gasteiger partial charge is 0.356 e. The van der Waals surface area contributed by atoms with Crippen LogP contribution in [0.2, 0.25) is 0 Å². The van der Waals surface area contributed by atoms with Gasteiger partial charge in [0.1, 0.15) is 0 Å². The minimum absolute atomic E-state index is 0.0823. The summed E-state index contributed by atoms with van der Waals surface area (Å²) in [5.74, 6) is 1.33. The highest BCUT2D eigenvalue weighted by Gasteiger charge is 2.32. The summed E-state index contributed by atoms with van der Waals surface area (Å²) in [6.07, 6.45) is 11.4. The highest BCUT2D eigenvalue weighted by Crippen LogP contribution is 2.38. The molecule has 4 heteroatoms. The van der Waals surface area contributed by atoms with E-state index in [-0.39, 0.29) is 11.3 Å². The van der Waals surface area contributed by atoms with Crippen LogP contribution in [-0.4, -0.2) is 29.5 Å². The third-order valence-electron chi connectivity index (χ3n) is 5.50. The van der Waals surface area contributed by atoms with Crippen LogP contribution in [0.15, 0.2) is 0 Å². The Bertz CT molecular complexity index is 342. The number of hydrogen-bond donors (Lipinski definition) is 2. The monoisotopic (exact) mass is 342 g/mol. The maximum Gasteiger partial charge on any atom is 0.220 e. The fourth-order valence-corrected chi connectivity index (χ4v) is 4.99. The van der Waals surface area contributed by atoms with Gasteiger partial charge in [0.05, 0.1) is 0 Å². The fraction of sp³-hybridized carbons (Fsp3) is 0.947. The topological polar surface area (TPSA) is 55.1 Å². The van der Waals surface area contributed by atoms with E-state index in [1.807, 2.05) is 0 Å². The van der Waals surface area contributed by atoms with Crippen LogP contribution in [0.1, 0.15) is 85.0 Å². The van der Waals surface area contributed by atoms with Crippen LogP contribution in [0.5, 0.6) is 0 Å². The molecule has 1 aliphatic rings. The van der Waals surface area contributed by atoms with E-state index in [4.69, 9.17) is 5.73 Å². The fourth-order valence-electron chi connectivity index (χ4n) is 3.66. The lowest BCUT2D eigenvalue weighted by Gasteiger charge is -2.35. The summed E-state index contributed by atoms with van der Waals surface area (Å²) >= 11 is 2.07. The Kier molecular flexibility index (Phi) is 9.60. The Morgan fingerprint density at radius 1 is 1.26 bits per heavy atom. The van der Waals surface area contributed by atoms with Gasteiger partial charge in [0, 0.05) is 17.7 Å². The lowest BCUT2D eigenvalue weighted by Crippen LogP contribution is -2.39. The maximum absolute atomic E-state index is 12.2. The Hall–Kier alpha value is -0.220. The smallest absolute Gasteiger partial charge is 0.220 e. The predicted octanol–water partition coefficient (Wildman–Crippen LogP) is 4.49. The first kappa shape index (κ1) is 20.8. The second kappa shape index (κ2) is 10.6. The molecule has 1 amide bonds. The van der Waals surface area contributed by atoms with Crippen molar-refractivity contribution in [2.45, 2.75) is 89.7 Å². The second-order valence-electron chi connectivity index (χ2n) is 7.55. The van der Waals surface area contributed by atoms with Crippen molar-refractivity contribution < 1.29 is 4.79 Å². The van der Waals surface area contributed by atoms with Crippen LogP contribution in [0.4, 0.5) is 0 Å². The first-order chi connectivity index (χ1) is 11.0. The summed E-state index contributed by atoms with van der Waals surface area (Å²) in [6.45, 7) is 8.36. The van der Waals surface area contributed by atoms with E-state index >= 15 is 0 Å². The van der Waals surface area contributed by atoms with Crippen LogP contribution in [0.3, 0.4) is 0 Å². The van der Waals surface area contributed by atoms with Crippen LogP contribution in [-0.2, 0) is 4.79 Å². The zero-order valence-corrected chi connectivity index (χ0v) is 16.4.